The first-order valence-electron chi connectivity index (χ1n) is 7.54. The topological polar surface area (TPSA) is 84.9 Å². The van der Waals surface area contributed by atoms with Crippen LogP contribution in [-0.4, -0.2) is 55.5 Å². The van der Waals surface area contributed by atoms with Crippen LogP contribution in [0.1, 0.15) is 13.8 Å². The summed E-state index contributed by atoms with van der Waals surface area (Å²) in [5.74, 6) is -0.960. The monoisotopic (exact) mass is 356 g/mol. The van der Waals surface area contributed by atoms with Crippen molar-refractivity contribution < 1.29 is 23.9 Å². The third-order valence-electron chi connectivity index (χ3n) is 2.95. The molecule has 1 aromatic rings. The second-order valence-electron chi connectivity index (χ2n) is 4.77. The van der Waals surface area contributed by atoms with Gasteiger partial charge in [-0.05, 0) is 32.0 Å². The molecule has 0 spiro atoms. The smallest absolute Gasteiger partial charge is 0.344 e. The minimum Gasteiger partial charge on any atom is -0.482 e. The Morgan fingerprint density at radius 2 is 1.96 bits per heavy atom. The van der Waals surface area contributed by atoms with E-state index in [-0.39, 0.29) is 19.1 Å². The lowest BCUT2D eigenvalue weighted by Gasteiger charge is -2.20. The number of ether oxygens (including phenoxy) is 2. The number of benzene rings is 1. The number of hydrogen-bond donors (Lipinski definition) is 1. The van der Waals surface area contributed by atoms with Crippen LogP contribution >= 0.6 is 11.6 Å². The molecule has 0 aliphatic rings. The first kappa shape index (κ1) is 19.8. The molecule has 0 unspecified atom stereocenters. The van der Waals surface area contributed by atoms with Crippen molar-refractivity contribution in [3.05, 3.63) is 29.3 Å². The number of amides is 2. The summed E-state index contributed by atoms with van der Waals surface area (Å²) in [6, 6.07) is 6.58. The summed E-state index contributed by atoms with van der Waals surface area (Å²) in [6.07, 6.45) is 0. The van der Waals surface area contributed by atoms with Crippen LogP contribution in [0.5, 0.6) is 5.75 Å². The van der Waals surface area contributed by atoms with E-state index in [9.17, 15) is 14.4 Å². The molecule has 0 fully saturated rings. The predicted octanol–water partition coefficient (Wildman–Crippen LogP) is 1.25. The molecule has 0 aliphatic heterocycles. The number of esters is 1. The maximum atomic E-state index is 11.9. The van der Waals surface area contributed by atoms with Crippen LogP contribution in [-0.2, 0) is 19.1 Å². The van der Waals surface area contributed by atoms with E-state index in [4.69, 9.17) is 21.1 Å². The number of nitrogens with one attached hydrogen (secondary N) is 1. The molecule has 24 heavy (non-hydrogen) atoms. The number of halogens is 1. The molecule has 0 radical (unpaired) electrons. The van der Waals surface area contributed by atoms with Crippen molar-refractivity contribution in [2.45, 2.75) is 13.8 Å². The molecule has 8 heteroatoms. The van der Waals surface area contributed by atoms with E-state index in [1.54, 1.807) is 38.1 Å². The summed E-state index contributed by atoms with van der Waals surface area (Å²) in [5, 5.41) is 3.09. The van der Waals surface area contributed by atoms with Crippen LogP contribution < -0.4 is 10.1 Å². The van der Waals surface area contributed by atoms with Crippen molar-refractivity contribution in [2.24, 2.45) is 0 Å². The Balaban J connectivity index is 2.36. The van der Waals surface area contributed by atoms with E-state index in [0.717, 1.165) is 0 Å². The molecule has 0 bridgehead atoms. The van der Waals surface area contributed by atoms with Gasteiger partial charge in [-0.1, -0.05) is 17.7 Å². The summed E-state index contributed by atoms with van der Waals surface area (Å²) in [6.45, 7) is 3.51. The van der Waals surface area contributed by atoms with Gasteiger partial charge >= 0.3 is 5.97 Å². The third-order valence-corrected chi connectivity index (χ3v) is 3.19. The summed E-state index contributed by atoms with van der Waals surface area (Å²) in [7, 11) is 0. The fourth-order valence-corrected chi connectivity index (χ4v) is 1.96. The maximum Gasteiger partial charge on any atom is 0.344 e. The fourth-order valence-electron chi connectivity index (χ4n) is 1.78. The van der Waals surface area contributed by atoms with Gasteiger partial charge in [-0.25, -0.2) is 4.79 Å². The van der Waals surface area contributed by atoms with Crippen molar-refractivity contribution in [2.75, 3.05) is 32.8 Å². The number of carbonyl (C=O) groups excluding carboxylic acids is 3. The second-order valence-corrected chi connectivity index (χ2v) is 5.20. The van der Waals surface area contributed by atoms with Crippen LogP contribution in [0.15, 0.2) is 24.3 Å². The number of hydrogen-bond acceptors (Lipinski definition) is 5. The van der Waals surface area contributed by atoms with Gasteiger partial charge < -0.3 is 19.7 Å². The first-order valence-corrected chi connectivity index (χ1v) is 7.92. The molecule has 0 atom stereocenters. The van der Waals surface area contributed by atoms with Gasteiger partial charge in [-0.2, -0.15) is 0 Å². The molecule has 1 rings (SSSR count). The molecule has 132 valence electrons. The first-order chi connectivity index (χ1) is 11.5. The molecular formula is C16H21ClN2O5. The van der Waals surface area contributed by atoms with E-state index in [2.05, 4.69) is 5.32 Å². The summed E-state index contributed by atoms with van der Waals surface area (Å²) < 4.78 is 10.1. The van der Waals surface area contributed by atoms with Crippen molar-refractivity contribution in [1.29, 1.82) is 0 Å². The highest BCUT2D eigenvalue weighted by atomic mass is 35.5. The van der Waals surface area contributed by atoms with Gasteiger partial charge in [0.1, 0.15) is 5.75 Å². The quantitative estimate of drug-likeness (QED) is 0.673. The Bertz CT molecular complexity index is 579. The largest absolute Gasteiger partial charge is 0.482 e. The Kier molecular flexibility index (Phi) is 8.64. The molecule has 0 aliphatic carbocycles. The minimum atomic E-state index is -0.683. The van der Waals surface area contributed by atoms with E-state index in [1.807, 2.05) is 0 Å². The van der Waals surface area contributed by atoms with E-state index in [1.165, 1.54) is 4.90 Å². The zero-order valence-corrected chi connectivity index (χ0v) is 14.5. The minimum absolute atomic E-state index is 0.0697. The lowest BCUT2D eigenvalue weighted by atomic mass is 10.3. The number of likely N-dealkylation sites (N-methyl/N-ethyl adjacent to an activating group) is 2. The van der Waals surface area contributed by atoms with Crippen LogP contribution in [0.3, 0.4) is 0 Å². The van der Waals surface area contributed by atoms with Gasteiger partial charge in [-0.3, -0.25) is 9.59 Å². The number of rotatable bonds is 9. The Labute approximate surface area is 145 Å². The molecule has 1 N–H and O–H groups in total. The lowest BCUT2D eigenvalue weighted by molar-refractivity contribution is -0.154. The Morgan fingerprint density at radius 1 is 1.21 bits per heavy atom. The molecule has 0 aromatic heterocycles. The average Bonchev–Trinajstić information content (AvgIpc) is 2.56. The van der Waals surface area contributed by atoms with Gasteiger partial charge in [0.05, 0.1) is 6.54 Å². The number of carbonyl (C=O) groups is 3. The van der Waals surface area contributed by atoms with Crippen molar-refractivity contribution in [3.8, 4) is 5.75 Å². The van der Waals surface area contributed by atoms with Crippen molar-refractivity contribution in [3.63, 3.8) is 0 Å². The van der Waals surface area contributed by atoms with Crippen LogP contribution in [0.25, 0.3) is 0 Å². The summed E-state index contributed by atoms with van der Waals surface area (Å²) >= 11 is 5.80. The SMILES string of the molecule is CCNC(=O)CN(CC)C(=O)COC(=O)COc1cccc(Cl)c1. The molecule has 7 nitrogen and oxygen atoms in total. The third kappa shape index (κ3) is 7.32. The van der Waals surface area contributed by atoms with Crippen LogP contribution in [0.2, 0.25) is 5.02 Å². The zero-order valence-electron chi connectivity index (χ0n) is 13.7. The molecule has 0 heterocycles. The van der Waals surface area contributed by atoms with Gasteiger partial charge in [0.25, 0.3) is 5.91 Å². The lowest BCUT2D eigenvalue weighted by Crippen LogP contribution is -2.42. The molecular weight excluding hydrogens is 336 g/mol. The van der Waals surface area contributed by atoms with Crippen LogP contribution in [0.4, 0.5) is 0 Å². The fraction of sp³-hybridized carbons (Fsp3) is 0.438. The normalized spacial score (nSPS) is 9.96. The predicted molar refractivity (Wildman–Crippen MR) is 88.8 cm³/mol. The van der Waals surface area contributed by atoms with Gasteiger partial charge in [-0.15, -0.1) is 0 Å². The van der Waals surface area contributed by atoms with Gasteiger partial charge in [0.2, 0.25) is 5.91 Å². The highest BCUT2D eigenvalue weighted by molar-refractivity contribution is 6.30. The molecule has 0 saturated carbocycles. The van der Waals surface area contributed by atoms with E-state index < -0.39 is 18.5 Å². The van der Waals surface area contributed by atoms with Crippen molar-refractivity contribution >= 4 is 29.4 Å². The highest BCUT2D eigenvalue weighted by Gasteiger charge is 2.17. The molecule has 0 saturated heterocycles. The second kappa shape index (κ2) is 10.5. The standard InChI is InChI=1S/C16H21ClN2O5/c1-3-18-14(20)9-19(4-2)15(21)10-24-16(22)11-23-13-7-5-6-12(17)8-13/h5-8H,3-4,9-11H2,1-2H3,(H,18,20). The average molecular weight is 357 g/mol. The van der Waals surface area contributed by atoms with Crippen molar-refractivity contribution in [1.82, 2.24) is 10.2 Å². The van der Waals surface area contributed by atoms with Gasteiger partial charge in [0.15, 0.2) is 13.2 Å². The number of nitrogens with zero attached hydrogens (tertiary/aromatic N) is 1. The Hall–Kier alpha value is -2.28. The molecule has 1 aromatic carbocycles. The van der Waals surface area contributed by atoms with Gasteiger partial charge in [0, 0.05) is 18.1 Å². The van der Waals surface area contributed by atoms with E-state index in [0.29, 0.717) is 23.9 Å². The molecule has 2 amide bonds. The van der Waals surface area contributed by atoms with E-state index >= 15 is 0 Å². The maximum absolute atomic E-state index is 11.9. The highest BCUT2D eigenvalue weighted by Crippen LogP contribution is 2.16. The zero-order chi connectivity index (χ0) is 17.9. The Morgan fingerprint density at radius 3 is 2.58 bits per heavy atom. The van der Waals surface area contributed by atoms with Crippen LogP contribution in [0, 0.1) is 0 Å². The summed E-state index contributed by atoms with van der Waals surface area (Å²) in [4.78, 5) is 36.4. The summed E-state index contributed by atoms with van der Waals surface area (Å²) in [5.41, 5.74) is 0.